The van der Waals surface area contributed by atoms with Crippen molar-refractivity contribution in [2.75, 3.05) is 0 Å². The minimum Gasteiger partial charge on any atom is -0.241 e. The van der Waals surface area contributed by atoms with Crippen molar-refractivity contribution >= 4 is 5.97 Å². The number of carbonyl (C=O) groups excluding carboxylic acids is 1. The van der Waals surface area contributed by atoms with Gasteiger partial charge in [0.05, 0.1) is 5.56 Å². The Morgan fingerprint density at radius 2 is 2.00 bits per heavy atom. The summed E-state index contributed by atoms with van der Waals surface area (Å²) in [6, 6.07) is 7.03. The summed E-state index contributed by atoms with van der Waals surface area (Å²) in [7, 11) is 0. The van der Waals surface area contributed by atoms with Crippen molar-refractivity contribution in [3.63, 3.8) is 0 Å². The predicted molar refractivity (Wildman–Crippen MR) is 50.1 cm³/mol. The van der Waals surface area contributed by atoms with Gasteiger partial charge in [-0.1, -0.05) is 31.5 Å². The minimum absolute atomic E-state index is 0.330. The van der Waals surface area contributed by atoms with Crippen LogP contribution >= 0.6 is 0 Å². The highest BCUT2D eigenvalue weighted by Gasteiger charge is 2.09. The molecule has 0 heterocycles. The maximum atomic E-state index is 10.7. The van der Waals surface area contributed by atoms with E-state index in [1.807, 2.05) is 12.1 Å². The van der Waals surface area contributed by atoms with Crippen LogP contribution in [0.3, 0.4) is 0 Å². The number of carbonyl (C=O) groups is 1. The summed E-state index contributed by atoms with van der Waals surface area (Å²) >= 11 is 0. The van der Waals surface area contributed by atoms with Gasteiger partial charge in [-0.3, -0.25) is 0 Å². The van der Waals surface area contributed by atoms with E-state index in [0.29, 0.717) is 5.56 Å². The molecule has 0 aliphatic carbocycles. The molecule has 0 saturated carbocycles. The fourth-order valence-electron chi connectivity index (χ4n) is 1.30. The number of hydrogen-bond acceptors (Lipinski definition) is 1. The Bertz CT molecular complexity index is 292. The van der Waals surface area contributed by atoms with Crippen LogP contribution in [-0.2, 0) is 11.5 Å². The highest BCUT2D eigenvalue weighted by Crippen LogP contribution is 2.11. The average Bonchev–Trinajstić information content (AvgIpc) is 2.15. The van der Waals surface area contributed by atoms with Gasteiger partial charge in [-0.2, -0.15) is 0 Å². The molecule has 69 valence electrons. The van der Waals surface area contributed by atoms with Crippen LogP contribution in [0.5, 0.6) is 0 Å². The standard InChI is InChI=1S/C11H13O2/c1-2-3-6-9-7-4-5-8-10(9)11(12)13/h4-5,7-8H,2-3,6H2,1H3. The lowest BCUT2D eigenvalue weighted by Gasteiger charge is -2.02. The fraction of sp³-hybridized carbons (Fsp3) is 0.364. The van der Waals surface area contributed by atoms with Crippen molar-refractivity contribution < 1.29 is 9.90 Å². The Hall–Kier alpha value is -1.31. The maximum absolute atomic E-state index is 10.7. The first-order valence-corrected chi connectivity index (χ1v) is 4.55. The molecular formula is C11H13O2. The van der Waals surface area contributed by atoms with Crippen LogP contribution in [0.4, 0.5) is 0 Å². The van der Waals surface area contributed by atoms with Crippen LogP contribution in [0.1, 0.15) is 35.7 Å². The molecule has 0 atom stereocenters. The number of aryl methyl sites for hydroxylation is 1. The van der Waals surface area contributed by atoms with Crippen LogP contribution in [0, 0.1) is 0 Å². The van der Waals surface area contributed by atoms with Gasteiger partial charge in [-0.25, -0.2) is 9.90 Å². The van der Waals surface area contributed by atoms with Crippen LogP contribution in [0.25, 0.3) is 0 Å². The SMILES string of the molecule is CCCCc1ccccc1C([O])=O. The first-order chi connectivity index (χ1) is 6.25. The van der Waals surface area contributed by atoms with Crippen molar-refractivity contribution in [1.82, 2.24) is 0 Å². The topological polar surface area (TPSA) is 37.0 Å². The van der Waals surface area contributed by atoms with Crippen molar-refractivity contribution in [3.05, 3.63) is 35.4 Å². The molecule has 0 N–H and O–H groups in total. The van der Waals surface area contributed by atoms with E-state index in [1.54, 1.807) is 12.1 Å². The lowest BCUT2D eigenvalue weighted by Crippen LogP contribution is -2.00. The molecule has 1 aromatic carbocycles. The van der Waals surface area contributed by atoms with Gasteiger partial charge < -0.3 is 0 Å². The second-order valence-electron chi connectivity index (χ2n) is 3.05. The van der Waals surface area contributed by atoms with Gasteiger partial charge >= 0.3 is 5.97 Å². The second-order valence-corrected chi connectivity index (χ2v) is 3.05. The molecule has 0 bridgehead atoms. The lowest BCUT2D eigenvalue weighted by atomic mass is 10.0. The molecule has 0 saturated heterocycles. The van der Waals surface area contributed by atoms with Gasteiger partial charge in [0.2, 0.25) is 0 Å². The van der Waals surface area contributed by atoms with Crippen molar-refractivity contribution in [2.45, 2.75) is 26.2 Å². The summed E-state index contributed by atoms with van der Waals surface area (Å²) in [6.07, 6.45) is 2.91. The van der Waals surface area contributed by atoms with Gasteiger partial charge in [0, 0.05) is 0 Å². The molecule has 0 fully saturated rings. The van der Waals surface area contributed by atoms with Crippen LogP contribution in [-0.4, -0.2) is 5.97 Å². The Morgan fingerprint density at radius 1 is 1.31 bits per heavy atom. The third-order valence-electron chi connectivity index (χ3n) is 2.04. The third kappa shape index (κ3) is 2.58. The Balaban J connectivity index is 2.84. The van der Waals surface area contributed by atoms with Crippen molar-refractivity contribution in [2.24, 2.45) is 0 Å². The molecule has 0 amide bonds. The van der Waals surface area contributed by atoms with E-state index in [4.69, 9.17) is 0 Å². The molecule has 0 spiro atoms. The van der Waals surface area contributed by atoms with E-state index in [-0.39, 0.29) is 0 Å². The molecule has 0 aliphatic rings. The molecule has 2 heteroatoms. The summed E-state index contributed by atoms with van der Waals surface area (Å²) in [5.41, 5.74) is 1.21. The van der Waals surface area contributed by atoms with Gasteiger partial charge in [-0.15, -0.1) is 0 Å². The Labute approximate surface area is 78.2 Å². The van der Waals surface area contributed by atoms with E-state index in [0.717, 1.165) is 24.8 Å². The molecule has 1 rings (SSSR count). The van der Waals surface area contributed by atoms with E-state index in [1.165, 1.54) is 0 Å². The summed E-state index contributed by atoms with van der Waals surface area (Å²) in [4.78, 5) is 10.7. The quantitative estimate of drug-likeness (QED) is 0.696. The Morgan fingerprint density at radius 3 is 2.62 bits per heavy atom. The predicted octanol–water partition coefficient (Wildman–Crippen LogP) is 2.60. The molecule has 0 aliphatic heterocycles. The zero-order valence-electron chi connectivity index (χ0n) is 7.75. The average molecular weight is 177 g/mol. The molecule has 13 heavy (non-hydrogen) atoms. The van der Waals surface area contributed by atoms with E-state index >= 15 is 0 Å². The zero-order chi connectivity index (χ0) is 9.68. The lowest BCUT2D eigenvalue weighted by molar-refractivity contribution is 0.0572. The summed E-state index contributed by atoms with van der Waals surface area (Å²) in [5, 5.41) is 10.7. The fourth-order valence-corrected chi connectivity index (χ4v) is 1.30. The number of benzene rings is 1. The first kappa shape index (κ1) is 9.78. The number of hydrogen-bond donors (Lipinski definition) is 0. The molecule has 1 radical (unpaired) electrons. The smallest absolute Gasteiger partial charge is 0.241 e. The first-order valence-electron chi connectivity index (χ1n) is 4.55. The number of rotatable bonds is 4. The zero-order valence-corrected chi connectivity index (χ0v) is 7.75. The summed E-state index contributed by atoms with van der Waals surface area (Å²) in [6.45, 7) is 2.08. The second kappa shape index (κ2) is 4.65. The van der Waals surface area contributed by atoms with Gasteiger partial charge in [0.25, 0.3) is 0 Å². The molecule has 2 nitrogen and oxygen atoms in total. The molecule has 0 unspecified atom stereocenters. The van der Waals surface area contributed by atoms with Crippen LogP contribution in [0.15, 0.2) is 24.3 Å². The van der Waals surface area contributed by atoms with Gasteiger partial charge in [-0.05, 0) is 24.5 Å². The largest absolute Gasteiger partial charge is 0.386 e. The highest BCUT2D eigenvalue weighted by atomic mass is 16.4. The highest BCUT2D eigenvalue weighted by molar-refractivity contribution is 5.88. The van der Waals surface area contributed by atoms with E-state index in [9.17, 15) is 9.90 Å². The van der Waals surface area contributed by atoms with Gasteiger partial charge in [0.1, 0.15) is 0 Å². The Kier molecular flexibility index (Phi) is 3.50. The third-order valence-corrected chi connectivity index (χ3v) is 2.04. The van der Waals surface area contributed by atoms with Crippen molar-refractivity contribution in [1.29, 1.82) is 0 Å². The maximum Gasteiger partial charge on any atom is 0.386 e. The van der Waals surface area contributed by atoms with Crippen molar-refractivity contribution in [3.8, 4) is 0 Å². The van der Waals surface area contributed by atoms with E-state index < -0.39 is 5.97 Å². The normalized spacial score (nSPS) is 9.92. The molecular weight excluding hydrogens is 164 g/mol. The minimum atomic E-state index is -1.08. The van der Waals surface area contributed by atoms with Gasteiger partial charge in [0.15, 0.2) is 0 Å². The summed E-state index contributed by atoms with van der Waals surface area (Å²) < 4.78 is 0. The van der Waals surface area contributed by atoms with E-state index in [2.05, 4.69) is 6.92 Å². The molecule has 1 aromatic rings. The monoisotopic (exact) mass is 177 g/mol. The van der Waals surface area contributed by atoms with Crippen LogP contribution in [0.2, 0.25) is 0 Å². The summed E-state index contributed by atoms with van der Waals surface area (Å²) in [5.74, 6) is -1.08. The molecule has 0 aromatic heterocycles. The number of unbranched alkanes of at least 4 members (excludes halogenated alkanes) is 1. The van der Waals surface area contributed by atoms with Crippen LogP contribution < -0.4 is 0 Å².